The smallest absolute Gasteiger partial charge is 0.132 e. The SMILES string of the molecule is C=C1COC(C2CC(F)=CC=C2F)=C(N=O)C1. The Morgan fingerprint density at radius 1 is 1.41 bits per heavy atom. The summed E-state index contributed by atoms with van der Waals surface area (Å²) < 4.78 is 32.0. The lowest BCUT2D eigenvalue weighted by molar-refractivity contribution is 0.179. The highest BCUT2D eigenvalue weighted by Crippen LogP contribution is 2.38. The maximum atomic E-state index is 13.6. The molecule has 1 unspecified atom stereocenters. The Morgan fingerprint density at radius 2 is 2.18 bits per heavy atom. The minimum atomic E-state index is -0.874. The second-order valence-electron chi connectivity index (χ2n) is 4.04. The van der Waals surface area contributed by atoms with Crippen molar-refractivity contribution < 1.29 is 13.5 Å². The Labute approximate surface area is 97.1 Å². The second-order valence-corrected chi connectivity index (χ2v) is 4.04. The van der Waals surface area contributed by atoms with Gasteiger partial charge in [0, 0.05) is 12.8 Å². The van der Waals surface area contributed by atoms with E-state index in [0.29, 0.717) is 5.57 Å². The molecule has 1 aliphatic carbocycles. The van der Waals surface area contributed by atoms with E-state index in [2.05, 4.69) is 11.8 Å². The molecular weight excluding hydrogens is 228 g/mol. The first-order valence-electron chi connectivity index (χ1n) is 5.19. The van der Waals surface area contributed by atoms with Gasteiger partial charge >= 0.3 is 0 Å². The highest BCUT2D eigenvalue weighted by molar-refractivity contribution is 5.31. The topological polar surface area (TPSA) is 38.7 Å². The van der Waals surface area contributed by atoms with Gasteiger partial charge in [0.05, 0.1) is 5.92 Å². The van der Waals surface area contributed by atoms with Crippen molar-refractivity contribution in [3.63, 3.8) is 0 Å². The van der Waals surface area contributed by atoms with Crippen molar-refractivity contribution in [2.75, 3.05) is 6.61 Å². The number of hydrogen-bond acceptors (Lipinski definition) is 3. The molecule has 0 fully saturated rings. The largest absolute Gasteiger partial charge is 0.491 e. The Morgan fingerprint density at radius 3 is 2.88 bits per heavy atom. The summed E-state index contributed by atoms with van der Waals surface area (Å²) in [5.41, 5.74) is 0.795. The van der Waals surface area contributed by atoms with Crippen LogP contribution in [0.1, 0.15) is 12.8 Å². The minimum Gasteiger partial charge on any atom is -0.491 e. The summed E-state index contributed by atoms with van der Waals surface area (Å²) in [6.45, 7) is 3.89. The van der Waals surface area contributed by atoms with E-state index in [1.165, 1.54) is 0 Å². The van der Waals surface area contributed by atoms with Gasteiger partial charge in [-0.3, -0.25) is 0 Å². The van der Waals surface area contributed by atoms with Crippen LogP contribution >= 0.6 is 0 Å². The standard InChI is InChI=1S/C12H11F2NO2/c1-7-4-11(15-16)12(17-6-7)9-5-8(13)2-3-10(9)14/h2-3,9H,1,4-6H2. The van der Waals surface area contributed by atoms with Crippen LogP contribution in [0.25, 0.3) is 0 Å². The molecule has 0 amide bonds. The van der Waals surface area contributed by atoms with E-state index < -0.39 is 17.6 Å². The number of halogens is 2. The van der Waals surface area contributed by atoms with Crippen molar-refractivity contribution in [1.29, 1.82) is 0 Å². The zero-order valence-electron chi connectivity index (χ0n) is 9.08. The second kappa shape index (κ2) is 4.61. The van der Waals surface area contributed by atoms with Crippen LogP contribution in [0.15, 0.2) is 52.6 Å². The monoisotopic (exact) mass is 239 g/mol. The number of ether oxygens (including phenoxy) is 1. The molecule has 0 saturated heterocycles. The molecule has 0 aromatic carbocycles. The molecule has 2 rings (SSSR count). The molecule has 0 bridgehead atoms. The minimum absolute atomic E-state index is 0.101. The van der Waals surface area contributed by atoms with Crippen molar-refractivity contribution in [2.24, 2.45) is 11.1 Å². The van der Waals surface area contributed by atoms with Gasteiger partial charge in [-0.2, -0.15) is 0 Å². The lowest BCUT2D eigenvalue weighted by Gasteiger charge is -2.26. The highest BCUT2D eigenvalue weighted by Gasteiger charge is 2.31. The quantitative estimate of drug-likeness (QED) is 0.544. The Balaban J connectivity index is 2.33. The van der Waals surface area contributed by atoms with Gasteiger partial charge < -0.3 is 4.74 Å². The normalized spacial score (nSPS) is 25.1. The van der Waals surface area contributed by atoms with E-state index in [1.54, 1.807) is 0 Å². The molecule has 0 radical (unpaired) electrons. The molecule has 0 aromatic rings. The van der Waals surface area contributed by atoms with Gasteiger partial charge in [-0.15, -0.1) is 4.91 Å². The first-order valence-corrected chi connectivity index (χ1v) is 5.19. The van der Waals surface area contributed by atoms with Crippen LogP contribution in [0.2, 0.25) is 0 Å². The summed E-state index contributed by atoms with van der Waals surface area (Å²) in [4.78, 5) is 10.7. The van der Waals surface area contributed by atoms with Gasteiger partial charge in [0.1, 0.15) is 29.7 Å². The molecule has 0 aromatic heterocycles. The lowest BCUT2D eigenvalue weighted by atomic mass is 9.93. The zero-order chi connectivity index (χ0) is 12.4. The summed E-state index contributed by atoms with van der Waals surface area (Å²) in [6.07, 6.45) is 2.24. The first-order chi connectivity index (χ1) is 8.11. The van der Waals surface area contributed by atoms with Crippen molar-refractivity contribution in [3.05, 3.63) is 52.3 Å². The van der Waals surface area contributed by atoms with Crippen molar-refractivity contribution >= 4 is 0 Å². The molecule has 1 aliphatic heterocycles. The fourth-order valence-corrected chi connectivity index (χ4v) is 1.88. The number of rotatable bonds is 2. The molecular formula is C12H11F2NO2. The lowest BCUT2D eigenvalue weighted by Crippen LogP contribution is -2.18. The van der Waals surface area contributed by atoms with Crippen LogP contribution in [0.4, 0.5) is 8.78 Å². The van der Waals surface area contributed by atoms with Crippen molar-refractivity contribution in [2.45, 2.75) is 12.8 Å². The third kappa shape index (κ3) is 2.33. The fraction of sp³-hybridized carbons (Fsp3) is 0.333. The van der Waals surface area contributed by atoms with Crippen LogP contribution in [0.3, 0.4) is 0 Å². The average molecular weight is 239 g/mol. The first kappa shape index (κ1) is 11.7. The summed E-state index contributed by atoms with van der Waals surface area (Å²) in [6, 6.07) is 0. The van der Waals surface area contributed by atoms with E-state index in [1.807, 2.05) is 0 Å². The van der Waals surface area contributed by atoms with Gasteiger partial charge in [0.15, 0.2) is 0 Å². The molecule has 0 saturated carbocycles. The van der Waals surface area contributed by atoms with E-state index in [-0.39, 0.29) is 30.9 Å². The van der Waals surface area contributed by atoms with Crippen LogP contribution in [0.5, 0.6) is 0 Å². The van der Waals surface area contributed by atoms with Gasteiger partial charge in [-0.05, 0) is 22.9 Å². The van der Waals surface area contributed by atoms with E-state index >= 15 is 0 Å². The predicted octanol–water partition coefficient (Wildman–Crippen LogP) is 3.67. The molecule has 3 nitrogen and oxygen atoms in total. The van der Waals surface area contributed by atoms with E-state index in [4.69, 9.17) is 4.74 Å². The zero-order valence-corrected chi connectivity index (χ0v) is 9.08. The van der Waals surface area contributed by atoms with Crippen LogP contribution < -0.4 is 0 Å². The number of nitroso groups, excluding NO2 is 1. The summed E-state index contributed by atoms with van der Waals surface area (Å²) in [7, 11) is 0. The highest BCUT2D eigenvalue weighted by atomic mass is 19.1. The molecule has 0 N–H and O–H groups in total. The maximum Gasteiger partial charge on any atom is 0.132 e. The van der Waals surface area contributed by atoms with Crippen LogP contribution in [-0.4, -0.2) is 6.61 Å². The molecule has 5 heteroatoms. The molecule has 17 heavy (non-hydrogen) atoms. The number of hydrogen-bond donors (Lipinski definition) is 0. The van der Waals surface area contributed by atoms with Crippen molar-refractivity contribution in [1.82, 2.24) is 0 Å². The Hall–Kier alpha value is -1.78. The molecule has 2 aliphatic rings. The maximum absolute atomic E-state index is 13.6. The third-order valence-corrected chi connectivity index (χ3v) is 2.72. The van der Waals surface area contributed by atoms with Crippen LogP contribution in [-0.2, 0) is 4.74 Å². The van der Waals surface area contributed by atoms with Gasteiger partial charge in [0.2, 0.25) is 0 Å². The van der Waals surface area contributed by atoms with E-state index in [9.17, 15) is 13.7 Å². The van der Waals surface area contributed by atoms with Crippen molar-refractivity contribution in [3.8, 4) is 0 Å². The Kier molecular flexibility index (Phi) is 3.17. The fourth-order valence-electron chi connectivity index (χ4n) is 1.88. The summed E-state index contributed by atoms with van der Waals surface area (Å²) >= 11 is 0. The van der Waals surface area contributed by atoms with E-state index in [0.717, 1.165) is 12.2 Å². The molecule has 90 valence electrons. The summed E-state index contributed by atoms with van der Waals surface area (Å²) in [5, 5.41) is 2.82. The van der Waals surface area contributed by atoms with Gasteiger partial charge in [0.25, 0.3) is 0 Å². The predicted molar refractivity (Wildman–Crippen MR) is 59.0 cm³/mol. The third-order valence-electron chi connectivity index (χ3n) is 2.72. The summed E-state index contributed by atoms with van der Waals surface area (Å²) in [5.74, 6) is -1.71. The number of nitrogens with zero attached hydrogens (tertiary/aromatic N) is 1. The molecule has 1 atom stereocenters. The number of allylic oxidation sites excluding steroid dienone is 5. The average Bonchev–Trinajstić information content (AvgIpc) is 2.32. The Bertz CT molecular complexity index is 463. The molecule has 1 heterocycles. The van der Waals surface area contributed by atoms with Crippen LogP contribution in [0, 0.1) is 10.8 Å². The van der Waals surface area contributed by atoms with Gasteiger partial charge in [-0.25, -0.2) is 8.78 Å². The molecule has 0 spiro atoms. The van der Waals surface area contributed by atoms with Gasteiger partial charge in [-0.1, -0.05) is 6.58 Å².